The number of nitrogens with zero attached hydrogens (tertiary/aromatic N) is 2. The smallest absolute Gasteiger partial charge is 0.410 e. The highest BCUT2D eigenvalue weighted by Gasteiger charge is 2.30. The number of nitrogens with one attached hydrogen (secondary N) is 1. The number of aromatic nitrogens is 1. The van der Waals surface area contributed by atoms with E-state index >= 15 is 0 Å². The van der Waals surface area contributed by atoms with Crippen molar-refractivity contribution in [2.75, 3.05) is 13.1 Å². The fourth-order valence-corrected chi connectivity index (χ4v) is 3.56. The number of piperidine rings is 2. The second-order valence-corrected chi connectivity index (χ2v) is 8.26. The molecular weight excluding hydrogens is 346 g/mol. The van der Waals surface area contributed by atoms with Gasteiger partial charge in [-0.05, 0) is 51.7 Å². The Hall–Kier alpha value is -2.44. The van der Waals surface area contributed by atoms with Gasteiger partial charge >= 0.3 is 6.09 Å². The van der Waals surface area contributed by atoms with Gasteiger partial charge in [0.1, 0.15) is 5.60 Å². The molecule has 27 heavy (non-hydrogen) atoms. The lowest BCUT2D eigenvalue weighted by atomic mass is 9.89. The lowest BCUT2D eigenvalue weighted by Gasteiger charge is -2.33. The van der Waals surface area contributed by atoms with E-state index in [2.05, 4.69) is 10.3 Å². The Labute approximate surface area is 159 Å². The number of likely N-dealkylation sites (tertiary alicyclic amines) is 1. The number of hydrogen-bond donors (Lipinski definition) is 1. The van der Waals surface area contributed by atoms with Gasteiger partial charge in [-0.3, -0.25) is 19.9 Å². The van der Waals surface area contributed by atoms with Gasteiger partial charge in [0.05, 0.1) is 5.92 Å². The van der Waals surface area contributed by atoms with E-state index in [-0.39, 0.29) is 23.8 Å². The molecule has 2 fully saturated rings. The molecule has 7 nitrogen and oxygen atoms in total. The van der Waals surface area contributed by atoms with Crippen LogP contribution in [0.5, 0.6) is 0 Å². The van der Waals surface area contributed by atoms with Crippen molar-refractivity contribution >= 4 is 17.9 Å². The maximum atomic E-state index is 12.2. The van der Waals surface area contributed by atoms with Crippen molar-refractivity contribution in [2.45, 2.75) is 63.9 Å². The average Bonchev–Trinajstić information content (AvgIpc) is 2.61. The highest BCUT2D eigenvalue weighted by Crippen LogP contribution is 2.29. The van der Waals surface area contributed by atoms with Gasteiger partial charge in [-0.15, -0.1) is 0 Å². The van der Waals surface area contributed by atoms with Crippen molar-refractivity contribution in [1.29, 1.82) is 0 Å². The fourth-order valence-electron chi connectivity index (χ4n) is 3.56. The summed E-state index contributed by atoms with van der Waals surface area (Å²) >= 11 is 0. The predicted octanol–water partition coefficient (Wildman–Crippen LogP) is 2.72. The third-order valence-electron chi connectivity index (χ3n) is 5.02. The zero-order valence-electron chi connectivity index (χ0n) is 16.2. The zero-order valence-corrected chi connectivity index (χ0v) is 16.2. The number of pyridine rings is 1. The second kappa shape index (κ2) is 7.66. The largest absolute Gasteiger partial charge is 0.444 e. The maximum Gasteiger partial charge on any atom is 0.410 e. The maximum absolute atomic E-state index is 12.2. The molecule has 0 radical (unpaired) electrons. The monoisotopic (exact) mass is 373 g/mol. The number of rotatable bonds is 2. The lowest BCUT2D eigenvalue weighted by Crippen LogP contribution is -2.41. The minimum atomic E-state index is -0.485. The molecule has 0 bridgehead atoms. The minimum absolute atomic E-state index is 0.211. The highest BCUT2D eigenvalue weighted by atomic mass is 16.6. The number of amides is 3. The zero-order chi connectivity index (χ0) is 19.6. The summed E-state index contributed by atoms with van der Waals surface area (Å²) < 4.78 is 5.43. The van der Waals surface area contributed by atoms with E-state index < -0.39 is 5.60 Å². The number of carbonyl (C=O) groups excluding carboxylic acids is 3. The van der Waals surface area contributed by atoms with Crippen molar-refractivity contribution in [2.24, 2.45) is 0 Å². The van der Waals surface area contributed by atoms with E-state index in [0.29, 0.717) is 31.8 Å². The molecule has 2 aliphatic heterocycles. The molecule has 1 atom stereocenters. The molecule has 3 rings (SSSR count). The molecule has 1 N–H and O–H groups in total. The number of imide groups is 1. The van der Waals surface area contributed by atoms with Crippen molar-refractivity contribution in [3.8, 4) is 0 Å². The van der Waals surface area contributed by atoms with Crippen LogP contribution < -0.4 is 5.32 Å². The number of ether oxygens (including phenoxy) is 1. The van der Waals surface area contributed by atoms with Crippen LogP contribution in [0.25, 0.3) is 0 Å². The van der Waals surface area contributed by atoms with Crippen molar-refractivity contribution in [3.63, 3.8) is 0 Å². The normalized spacial score (nSPS) is 21.7. The molecule has 2 saturated heterocycles. The SMILES string of the molecule is CC(C)(C)OC(=O)N1CCC(c2ccc(C3CCC(=O)NC3=O)cn2)CC1. The Bertz CT molecular complexity index is 716. The standard InChI is InChI=1S/C20H27N3O4/c1-20(2,3)27-19(26)23-10-8-13(9-11-23)16-6-4-14(12-21-16)15-5-7-17(24)22-18(15)25/h4,6,12-13,15H,5,7-11H2,1-3H3,(H,22,24,25). The Morgan fingerprint density at radius 1 is 1.19 bits per heavy atom. The van der Waals surface area contributed by atoms with Gasteiger partial charge in [-0.1, -0.05) is 6.07 Å². The Morgan fingerprint density at radius 3 is 2.44 bits per heavy atom. The van der Waals surface area contributed by atoms with Crippen LogP contribution in [0.4, 0.5) is 4.79 Å². The molecule has 0 saturated carbocycles. The van der Waals surface area contributed by atoms with Gasteiger partial charge in [0.25, 0.3) is 0 Å². The van der Waals surface area contributed by atoms with E-state index in [1.54, 1.807) is 11.1 Å². The van der Waals surface area contributed by atoms with Gasteiger partial charge in [-0.2, -0.15) is 0 Å². The van der Waals surface area contributed by atoms with Crippen molar-refractivity contribution < 1.29 is 19.1 Å². The van der Waals surface area contributed by atoms with Crippen LogP contribution in [0.1, 0.15) is 69.5 Å². The molecule has 3 heterocycles. The van der Waals surface area contributed by atoms with Crippen molar-refractivity contribution in [3.05, 3.63) is 29.6 Å². The summed E-state index contributed by atoms with van der Waals surface area (Å²) in [4.78, 5) is 41.7. The summed E-state index contributed by atoms with van der Waals surface area (Å²) in [6.45, 7) is 6.90. The van der Waals surface area contributed by atoms with Crippen LogP contribution in [0.2, 0.25) is 0 Å². The topological polar surface area (TPSA) is 88.6 Å². The molecule has 1 unspecified atom stereocenters. The third kappa shape index (κ3) is 4.84. The molecular formula is C20H27N3O4. The van der Waals surface area contributed by atoms with E-state index in [4.69, 9.17) is 4.74 Å². The van der Waals surface area contributed by atoms with Gasteiger partial charge in [0, 0.05) is 37.3 Å². The van der Waals surface area contributed by atoms with E-state index in [0.717, 1.165) is 24.1 Å². The van der Waals surface area contributed by atoms with Crippen LogP contribution in [0.15, 0.2) is 18.3 Å². The van der Waals surface area contributed by atoms with E-state index in [1.807, 2.05) is 32.9 Å². The number of hydrogen-bond acceptors (Lipinski definition) is 5. The first kappa shape index (κ1) is 19.3. The molecule has 146 valence electrons. The Morgan fingerprint density at radius 2 is 1.89 bits per heavy atom. The Kier molecular flexibility index (Phi) is 5.48. The summed E-state index contributed by atoms with van der Waals surface area (Å²) in [6.07, 6.45) is 4.05. The summed E-state index contributed by atoms with van der Waals surface area (Å²) in [5.74, 6) is -0.471. The summed E-state index contributed by atoms with van der Waals surface area (Å²) in [6, 6.07) is 3.90. The lowest BCUT2D eigenvalue weighted by molar-refractivity contribution is -0.134. The molecule has 0 aliphatic carbocycles. The van der Waals surface area contributed by atoms with Gasteiger partial charge in [0.2, 0.25) is 11.8 Å². The summed E-state index contributed by atoms with van der Waals surface area (Å²) in [5, 5.41) is 2.38. The molecule has 1 aromatic rings. The van der Waals surface area contributed by atoms with Crippen LogP contribution in [0.3, 0.4) is 0 Å². The highest BCUT2D eigenvalue weighted by molar-refractivity contribution is 6.00. The second-order valence-electron chi connectivity index (χ2n) is 8.26. The summed E-state index contributed by atoms with van der Waals surface area (Å²) in [7, 11) is 0. The molecule has 7 heteroatoms. The van der Waals surface area contributed by atoms with Crippen LogP contribution in [0, 0.1) is 0 Å². The molecule has 3 amide bonds. The van der Waals surface area contributed by atoms with Crippen LogP contribution >= 0.6 is 0 Å². The van der Waals surface area contributed by atoms with Gasteiger partial charge in [0.15, 0.2) is 0 Å². The van der Waals surface area contributed by atoms with E-state index in [9.17, 15) is 14.4 Å². The quantitative estimate of drug-likeness (QED) is 0.805. The minimum Gasteiger partial charge on any atom is -0.444 e. The van der Waals surface area contributed by atoms with E-state index in [1.165, 1.54) is 0 Å². The molecule has 0 spiro atoms. The predicted molar refractivity (Wildman–Crippen MR) is 99.1 cm³/mol. The fraction of sp³-hybridized carbons (Fsp3) is 0.600. The molecule has 0 aromatic carbocycles. The average molecular weight is 373 g/mol. The van der Waals surface area contributed by atoms with Gasteiger partial charge in [-0.25, -0.2) is 4.79 Å². The van der Waals surface area contributed by atoms with Crippen molar-refractivity contribution in [1.82, 2.24) is 15.2 Å². The first-order chi connectivity index (χ1) is 12.7. The van der Waals surface area contributed by atoms with Gasteiger partial charge < -0.3 is 9.64 Å². The first-order valence-corrected chi connectivity index (χ1v) is 9.50. The third-order valence-corrected chi connectivity index (χ3v) is 5.02. The Balaban J connectivity index is 1.57. The summed E-state index contributed by atoms with van der Waals surface area (Å²) in [5.41, 5.74) is 1.34. The first-order valence-electron chi connectivity index (χ1n) is 9.50. The molecule has 1 aromatic heterocycles. The van der Waals surface area contributed by atoms with Crippen LogP contribution in [-0.2, 0) is 14.3 Å². The van der Waals surface area contributed by atoms with Crippen LogP contribution in [-0.4, -0.2) is 46.5 Å². The molecule has 2 aliphatic rings. The number of carbonyl (C=O) groups is 3.